The zero-order valence-corrected chi connectivity index (χ0v) is 23.1. The third kappa shape index (κ3) is 5.83. The molecule has 19 heteroatoms. The van der Waals surface area contributed by atoms with E-state index in [0.29, 0.717) is 7.11 Å². The van der Waals surface area contributed by atoms with Crippen LogP contribution < -0.4 is 5.73 Å². The normalized spacial score (nSPS) is 22.2. The minimum atomic E-state index is -3.13. The highest BCUT2D eigenvalue weighted by Crippen LogP contribution is 2.48. The fourth-order valence-corrected chi connectivity index (χ4v) is 4.30. The van der Waals surface area contributed by atoms with E-state index in [-0.39, 0.29) is 24.8 Å². The molecule has 1 aromatic carbocycles. The first-order chi connectivity index (χ1) is 20.7. The molecule has 0 radical (unpaired) electrons. The van der Waals surface area contributed by atoms with Crippen molar-refractivity contribution in [2.24, 2.45) is 5.73 Å². The number of halogens is 5. The number of fused-ring (bicyclic) bond motifs is 1. The Balaban J connectivity index is 2.53. The Hall–Kier alpha value is -4.17. The Bertz CT molecular complexity index is 1410. The van der Waals surface area contributed by atoms with Crippen molar-refractivity contribution < 1.29 is 79.9 Å². The van der Waals surface area contributed by atoms with E-state index < -0.39 is 112 Å². The zero-order valence-electron chi connectivity index (χ0n) is 23.1. The largest absolute Gasteiger partial charge is 0.465 e. The van der Waals surface area contributed by atoms with Crippen LogP contribution >= 0.6 is 0 Å². The van der Waals surface area contributed by atoms with Gasteiger partial charge in [-0.1, -0.05) is 0 Å². The average Bonchev–Trinajstić information content (AvgIpc) is 3.00. The third-order valence-electron chi connectivity index (χ3n) is 6.29. The highest BCUT2D eigenvalue weighted by atomic mass is 19.2. The molecule has 0 aliphatic carbocycles. The van der Waals surface area contributed by atoms with E-state index in [2.05, 4.69) is 9.47 Å². The van der Waals surface area contributed by atoms with Gasteiger partial charge in [0.25, 0.3) is 5.72 Å². The summed E-state index contributed by atoms with van der Waals surface area (Å²) in [5, 5.41) is 20.5. The minimum Gasteiger partial charge on any atom is -0.465 e. The lowest BCUT2D eigenvalue weighted by atomic mass is 9.82. The van der Waals surface area contributed by atoms with Crippen LogP contribution in [-0.4, -0.2) is 104 Å². The first kappa shape index (κ1) is 34.3. The van der Waals surface area contributed by atoms with Crippen molar-refractivity contribution in [3.63, 3.8) is 0 Å². The molecule has 3 atom stereocenters. The summed E-state index contributed by atoms with van der Waals surface area (Å²) in [6.45, 7) is -0.768. The number of hydrogen-bond acceptors (Lipinski definition) is 14. The van der Waals surface area contributed by atoms with Crippen LogP contribution in [0.1, 0.15) is 12.5 Å². The van der Waals surface area contributed by atoms with Crippen molar-refractivity contribution in [3.05, 3.63) is 51.5 Å². The quantitative estimate of drug-likeness (QED) is 0.0740. The molecule has 44 heavy (non-hydrogen) atoms. The van der Waals surface area contributed by atoms with Crippen molar-refractivity contribution in [1.29, 1.82) is 0 Å². The van der Waals surface area contributed by atoms with E-state index in [0.717, 1.165) is 14.0 Å². The molecule has 242 valence electrons. The molecular weight excluding hydrogens is 615 g/mol. The van der Waals surface area contributed by atoms with E-state index in [9.17, 15) is 42.6 Å². The standard InChI is InChI=1S/C25H25F5N2O12/c1-9-10(21(35)39-2)11(12-14(26)16(28)18(30)17(29)15(12)27)13(22(36)40-3)25(8-42-7-6-41-5-4-31)32(9)44-24(38)20(34)19(33)23(37)43-25/h19-20,33-34H,4-8,31H2,1-3H3. The number of aliphatic hydroxyl groups is 2. The number of nitrogens with two attached hydrogens (primary N) is 1. The van der Waals surface area contributed by atoms with Crippen molar-refractivity contribution in [2.75, 3.05) is 47.2 Å². The van der Waals surface area contributed by atoms with Gasteiger partial charge in [0, 0.05) is 12.1 Å². The lowest BCUT2D eigenvalue weighted by Crippen LogP contribution is -2.64. The highest BCUT2D eigenvalue weighted by Gasteiger charge is 2.60. The maximum atomic E-state index is 15.3. The van der Waals surface area contributed by atoms with Gasteiger partial charge in [0.2, 0.25) is 5.82 Å². The van der Waals surface area contributed by atoms with Crippen molar-refractivity contribution >= 4 is 29.5 Å². The lowest BCUT2D eigenvalue weighted by molar-refractivity contribution is -0.288. The summed E-state index contributed by atoms with van der Waals surface area (Å²) in [7, 11) is 1.42. The van der Waals surface area contributed by atoms with Gasteiger partial charge in [-0.2, -0.15) is 5.06 Å². The van der Waals surface area contributed by atoms with Gasteiger partial charge < -0.3 is 44.5 Å². The summed E-state index contributed by atoms with van der Waals surface area (Å²) in [5.74, 6) is -19.7. The van der Waals surface area contributed by atoms with Crippen LogP contribution in [0.4, 0.5) is 22.0 Å². The van der Waals surface area contributed by atoms with Gasteiger partial charge in [0.05, 0.1) is 50.9 Å². The number of allylic oxidation sites excluding steroid dienone is 1. The smallest absolute Gasteiger partial charge is 0.364 e. The number of aliphatic hydroxyl groups excluding tert-OH is 2. The summed E-state index contributed by atoms with van der Waals surface area (Å²) in [6.07, 6.45) is -5.31. The maximum Gasteiger partial charge on any atom is 0.364 e. The molecule has 3 unspecified atom stereocenters. The lowest BCUT2D eigenvalue weighted by Gasteiger charge is -2.47. The molecule has 2 heterocycles. The van der Waals surface area contributed by atoms with Crippen LogP contribution in [0, 0.1) is 29.1 Å². The Morgan fingerprint density at radius 1 is 0.864 bits per heavy atom. The van der Waals surface area contributed by atoms with Gasteiger partial charge in [-0.25, -0.2) is 41.1 Å². The van der Waals surface area contributed by atoms with Crippen molar-refractivity contribution in [1.82, 2.24) is 5.06 Å². The number of ether oxygens (including phenoxy) is 5. The second-order valence-electron chi connectivity index (χ2n) is 8.89. The van der Waals surface area contributed by atoms with Crippen LogP contribution in [-0.2, 0) is 47.7 Å². The molecule has 0 saturated carbocycles. The second-order valence-corrected chi connectivity index (χ2v) is 8.89. The Morgan fingerprint density at radius 3 is 1.93 bits per heavy atom. The van der Waals surface area contributed by atoms with Crippen LogP contribution in [0.15, 0.2) is 16.8 Å². The first-order valence-corrected chi connectivity index (χ1v) is 12.3. The van der Waals surface area contributed by atoms with E-state index in [4.69, 9.17) is 24.8 Å². The molecule has 0 spiro atoms. The van der Waals surface area contributed by atoms with Crippen LogP contribution in [0.3, 0.4) is 0 Å². The third-order valence-corrected chi connectivity index (χ3v) is 6.29. The van der Waals surface area contributed by atoms with Gasteiger partial charge in [-0.05, 0) is 6.92 Å². The average molecular weight is 640 g/mol. The summed E-state index contributed by atoms with van der Waals surface area (Å²) in [4.78, 5) is 57.2. The van der Waals surface area contributed by atoms with Crippen LogP contribution in [0.5, 0.6) is 0 Å². The number of methoxy groups -OCH3 is 2. The summed E-state index contributed by atoms with van der Waals surface area (Å²) in [6, 6.07) is 0. The Labute approximate surface area is 244 Å². The molecule has 0 amide bonds. The number of nitrogens with zero attached hydrogens (tertiary/aromatic N) is 1. The predicted octanol–water partition coefficient (Wildman–Crippen LogP) is -0.504. The minimum absolute atomic E-state index is 0.0549. The van der Waals surface area contributed by atoms with E-state index in [1.54, 1.807) is 0 Å². The molecule has 1 saturated heterocycles. The molecule has 3 rings (SSSR count). The number of benzene rings is 1. The van der Waals surface area contributed by atoms with E-state index >= 15 is 8.78 Å². The van der Waals surface area contributed by atoms with Gasteiger partial charge in [-0.3, -0.25) is 0 Å². The zero-order chi connectivity index (χ0) is 33.1. The van der Waals surface area contributed by atoms with Crippen LogP contribution in [0.2, 0.25) is 0 Å². The van der Waals surface area contributed by atoms with Gasteiger partial charge >= 0.3 is 23.9 Å². The summed E-state index contributed by atoms with van der Waals surface area (Å²) < 4.78 is 98.8. The second kappa shape index (κ2) is 13.6. The molecule has 1 aromatic rings. The number of hydroxylamine groups is 2. The molecule has 1 fully saturated rings. The Morgan fingerprint density at radius 2 is 1.39 bits per heavy atom. The predicted molar refractivity (Wildman–Crippen MR) is 129 cm³/mol. The summed E-state index contributed by atoms with van der Waals surface area (Å²) in [5.41, 5.74) is -4.42. The topological polar surface area (TPSA) is 193 Å². The van der Waals surface area contributed by atoms with Crippen molar-refractivity contribution in [3.8, 4) is 0 Å². The first-order valence-electron chi connectivity index (χ1n) is 12.3. The molecule has 0 bridgehead atoms. The number of hydrogen-bond donors (Lipinski definition) is 3. The number of esters is 3. The van der Waals surface area contributed by atoms with Gasteiger partial charge in [-0.15, -0.1) is 0 Å². The fourth-order valence-electron chi connectivity index (χ4n) is 4.30. The molecule has 2 aliphatic rings. The number of carbonyl (C=O) groups is 4. The fraction of sp³-hybridized carbons (Fsp3) is 0.440. The highest BCUT2D eigenvalue weighted by molar-refractivity contribution is 6.15. The van der Waals surface area contributed by atoms with E-state index in [1.165, 1.54) is 0 Å². The summed E-state index contributed by atoms with van der Waals surface area (Å²) >= 11 is 0. The van der Waals surface area contributed by atoms with Gasteiger partial charge in [0.1, 0.15) is 12.2 Å². The van der Waals surface area contributed by atoms with E-state index in [1.807, 2.05) is 0 Å². The molecule has 14 nitrogen and oxygen atoms in total. The van der Waals surface area contributed by atoms with Gasteiger partial charge in [0.15, 0.2) is 35.5 Å². The monoisotopic (exact) mass is 640 g/mol. The SMILES string of the molecule is COC(=O)C1=C(C)N2OC(=O)C(O)C(O)C(=O)OC2(COCCOCCN)C(C(=O)OC)=C1c1c(F)c(F)c(F)c(F)c1F. The molecule has 4 N–H and O–H groups in total. The Kier molecular flexibility index (Phi) is 10.6. The number of carbonyl (C=O) groups excluding carboxylic acids is 4. The molecule has 0 aromatic heterocycles. The molecular formula is C25H25F5N2O12. The van der Waals surface area contributed by atoms with Crippen molar-refractivity contribution in [2.45, 2.75) is 24.9 Å². The molecule has 2 aliphatic heterocycles. The van der Waals surface area contributed by atoms with Crippen LogP contribution in [0.25, 0.3) is 5.57 Å². The maximum absolute atomic E-state index is 15.3. The number of rotatable bonds is 10.